The van der Waals surface area contributed by atoms with E-state index in [4.69, 9.17) is 10.5 Å². The first-order valence-electron chi connectivity index (χ1n) is 8.63. The molecule has 0 unspecified atom stereocenters. The molecule has 3 aromatic rings. The lowest BCUT2D eigenvalue weighted by atomic mass is 10.0. The minimum Gasteiger partial charge on any atom is -0.496 e. The molecule has 3 aromatic carbocycles. The zero-order valence-electron chi connectivity index (χ0n) is 14.6. The molecule has 1 amide bonds. The van der Waals surface area contributed by atoms with Crippen molar-refractivity contribution in [2.45, 2.75) is 12.6 Å². The van der Waals surface area contributed by atoms with Crippen molar-refractivity contribution >= 4 is 28.1 Å². The summed E-state index contributed by atoms with van der Waals surface area (Å²) in [5.74, 6) is 0.664. The van der Waals surface area contributed by atoms with Crippen LogP contribution in [-0.2, 0) is 11.3 Å². The van der Waals surface area contributed by atoms with Gasteiger partial charge >= 0.3 is 0 Å². The molecule has 0 saturated carbocycles. The minimum atomic E-state index is -0.594. The zero-order valence-corrected chi connectivity index (χ0v) is 14.6. The Labute approximate surface area is 152 Å². The van der Waals surface area contributed by atoms with Gasteiger partial charge in [-0.25, -0.2) is 0 Å². The highest BCUT2D eigenvalue weighted by molar-refractivity contribution is 6.02. The Morgan fingerprint density at radius 2 is 1.88 bits per heavy atom. The highest BCUT2D eigenvalue weighted by Gasteiger charge is 2.28. The molecule has 1 aliphatic heterocycles. The lowest BCUT2D eigenvalue weighted by molar-refractivity contribution is -0.119. The van der Waals surface area contributed by atoms with Gasteiger partial charge in [-0.2, -0.15) is 0 Å². The van der Waals surface area contributed by atoms with Crippen molar-refractivity contribution < 1.29 is 9.53 Å². The van der Waals surface area contributed by atoms with Gasteiger partial charge in [0.25, 0.3) is 0 Å². The van der Waals surface area contributed by atoms with Crippen molar-refractivity contribution in [3.63, 3.8) is 0 Å². The second-order valence-corrected chi connectivity index (χ2v) is 6.40. The van der Waals surface area contributed by atoms with E-state index in [1.54, 1.807) is 12.0 Å². The number of nitrogens with two attached hydrogens (primary N) is 1. The number of anilines is 2. The fourth-order valence-corrected chi connectivity index (χ4v) is 3.48. The molecule has 0 aromatic heterocycles. The Kier molecular flexibility index (Phi) is 4.22. The van der Waals surface area contributed by atoms with Crippen LogP contribution in [-0.4, -0.2) is 25.6 Å². The largest absolute Gasteiger partial charge is 0.496 e. The van der Waals surface area contributed by atoms with Gasteiger partial charge in [-0.15, -0.1) is 0 Å². The summed E-state index contributed by atoms with van der Waals surface area (Å²) in [6, 6.07) is 19.3. The number of hydrogen-bond acceptors (Lipinski definition) is 4. The number of benzene rings is 3. The molecule has 0 bridgehead atoms. The van der Waals surface area contributed by atoms with Crippen molar-refractivity contribution in [3.05, 3.63) is 66.2 Å². The number of nitrogens with zero attached hydrogens (tertiary/aromatic N) is 1. The van der Waals surface area contributed by atoms with Crippen LogP contribution in [0.15, 0.2) is 60.7 Å². The second-order valence-electron chi connectivity index (χ2n) is 6.40. The van der Waals surface area contributed by atoms with Gasteiger partial charge in [0, 0.05) is 12.1 Å². The van der Waals surface area contributed by atoms with Crippen molar-refractivity contribution in [1.82, 2.24) is 0 Å². The number of hydrogen-bond donors (Lipinski definition) is 2. The molecule has 5 heteroatoms. The van der Waals surface area contributed by atoms with E-state index in [1.807, 2.05) is 48.5 Å². The highest BCUT2D eigenvalue weighted by atomic mass is 16.5. The number of methoxy groups -OCH3 is 1. The molecule has 0 radical (unpaired) electrons. The Bertz CT molecular complexity index is 970. The zero-order chi connectivity index (χ0) is 18.1. The average molecular weight is 347 g/mol. The lowest BCUT2D eigenvalue weighted by Gasteiger charge is -2.25. The van der Waals surface area contributed by atoms with Crippen LogP contribution in [0.3, 0.4) is 0 Å². The maximum atomic E-state index is 13.0. The lowest BCUT2D eigenvalue weighted by Crippen LogP contribution is -2.45. The Morgan fingerprint density at radius 3 is 2.73 bits per heavy atom. The molecule has 0 aliphatic carbocycles. The molecule has 4 rings (SSSR count). The van der Waals surface area contributed by atoms with Crippen molar-refractivity contribution in [3.8, 4) is 5.75 Å². The molecule has 0 spiro atoms. The highest BCUT2D eigenvalue weighted by Crippen LogP contribution is 2.34. The predicted molar refractivity (Wildman–Crippen MR) is 105 cm³/mol. The van der Waals surface area contributed by atoms with Crippen LogP contribution in [0.1, 0.15) is 5.56 Å². The van der Waals surface area contributed by atoms with Gasteiger partial charge in [0.15, 0.2) is 0 Å². The monoisotopic (exact) mass is 347 g/mol. The van der Waals surface area contributed by atoms with E-state index < -0.39 is 6.04 Å². The Balaban J connectivity index is 1.86. The van der Waals surface area contributed by atoms with E-state index in [0.29, 0.717) is 13.1 Å². The van der Waals surface area contributed by atoms with E-state index in [0.717, 1.165) is 33.5 Å². The van der Waals surface area contributed by atoms with Crippen molar-refractivity contribution in [2.24, 2.45) is 5.73 Å². The SMILES string of the molecule is COc1ccc2ccccc2c1CN1C(=O)[C@@H](N)CNc2ccccc21. The molecule has 1 heterocycles. The normalized spacial score (nSPS) is 16.8. The number of para-hydroxylation sites is 2. The third-order valence-corrected chi connectivity index (χ3v) is 4.82. The number of amides is 1. The van der Waals surface area contributed by atoms with Crippen LogP contribution in [0, 0.1) is 0 Å². The summed E-state index contributed by atoms with van der Waals surface area (Å²) in [5.41, 5.74) is 8.82. The second kappa shape index (κ2) is 6.69. The number of nitrogens with one attached hydrogen (secondary N) is 1. The molecular weight excluding hydrogens is 326 g/mol. The number of carbonyl (C=O) groups excluding carboxylic acids is 1. The fourth-order valence-electron chi connectivity index (χ4n) is 3.48. The van der Waals surface area contributed by atoms with E-state index >= 15 is 0 Å². The summed E-state index contributed by atoms with van der Waals surface area (Å²) in [6.07, 6.45) is 0. The molecular formula is C21H21N3O2. The number of rotatable bonds is 3. The first kappa shape index (κ1) is 16.4. The van der Waals surface area contributed by atoms with Crippen LogP contribution in [0.25, 0.3) is 10.8 Å². The average Bonchev–Trinajstić information content (AvgIpc) is 2.80. The van der Waals surface area contributed by atoms with E-state index in [-0.39, 0.29) is 5.91 Å². The topological polar surface area (TPSA) is 67.6 Å². The summed E-state index contributed by atoms with van der Waals surface area (Å²) >= 11 is 0. The molecule has 0 saturated heterocycles. The third kappa shape index (κ3) is 2.76. The Morgan fingerprint density at radius 1 is 1.12 bits per heavy atom. The molecule has 132 valence electrons. The van der Waals surface area contributed by atoms with Gasteiger partial charge in [-0.05, 0) is 29.0 Å². The minimum absolute atomic E-state index is 0.0996. The van der Waals surface area contributed by atoms with Gasteiger partial charge < -0.3 is 20.7 Å². The molecule has 3 N–H and O–H groups in total. The maximum absolute atomic E-state index is 13.0. The summed E-state index contributed by atoms with van der Waals surface area (Å²) in [4.78, 5) is 14.7. The number of carbonyl (C=O) groups is 1. The third-order valence-electron chi connectivity index (χ3n) is 4.82. The number of fused-ring (bicyclic) bond motifs is 2. The molecule has 1 aliphatic rings. The summed E-state index contributed by atoms with van der Waals surface area (Å²) in [6.45, 7) is 0.814. The van der Waals surface area contributed by atoms with Crippen LogP contribution in [0.2, 0.25) is 0 Å². The first-order chi connectivity index (χ1) is 12.7. The van der Waals surface area contributed by atoms with Crippen LogP contribution < -0.4 is 20.7 Å². The van der Waals surface area contributed by atoms with Gasteiger partial charge in [-0.3, -0.25) is 4.79 Å². The van der Waals surface area contributed by atoms with E-state index in [2.05, 4.69) is 17.4 Å². The van der Waals surface area contributed by atoms with Crippen molar-refractivity contribution in [2.75, 3.05) is 23.9 Å². The number of ether oxygens (including phenoxy) is 1. The van der Waals surface area contributed by atoms with Gasteiger partial charge in [-0.1, -0.05) is 42.5 Å². The van der Waals surface area contributed by atoms with Gasteiger partial charge in [0.05, 0.1) is 25.0 Å². The van der Waals surface area contributed by atoms with E-state index in [1.165, 1.54) is 0 Å². The summed E-state index contributed by atoms with van der Waals surface area (Å²) in [7, 11) is 1.65. The first-order valence-corrected chi connectivity index (χ1v) is 8.63. The summed E-state index contributed by atoms with van der Waals surface area (Å²) in [5, 5.41) is 5.45. The molecule has 26 heavy (non-hydrogen) atoms. The van der Waals surface area contributed by atoms with Crippen molar-refractivity contribution in [1.29, 1.82) is 0 Å². The standard InChI is InChI=1S/C21H21N3O2/c1-26-20-11-10-14-6-2-3-7-15(14)16(20)13-24-19-9-5-4-8-18(19)23-12-17(22)21(24)25/h2-11,17,23H,12-13,22H2,1H3/t17-/m0/s1. The van der Waals surface area contributed by atoms with Gasteiger partial charge in [0.2, 0.25) is 5.91 Å². The van der Waals surface area contributed by atoms with Crippen LogP contribution >= 0.6 is 0 Å². The predicted octanol–water partition coefficient (Wildman–Crippen LogP) is 3.13. The van der Waals surface area contributed by atoms with E-state index in [9.17, 15) is 4.79 Å². The molecule has 5 nitrogen and oxygen atoms in total. The smallest absolute Gasteiger partial charge is 0.246 e. The quantitative estimate of drug-likeness (QED) is 0.764. The van der Waals surface area contributed by atoms with Gasteiger partial charge in [0.1, 0.15) is 11.8 Å². The molecule has 1 atom stereocenters. The Hall–Kier alpha value is -3.05. The van der Waals surface area contributed by atoms with Crippen LogP contribution in [0.5, 0.6) is 5.75 Å². The maximum Gasteiger partial charge on any atom is 0.246 e. The van der Waals surface area contributed by atoms with Crippen LogP contribution in [0.4, 0.5) is 11.4 Å². The molecule has 0 fully saturated rings. The summed E-state index contributed by atoms with van der Waals surface area (Å²) < 4.78 is 5.59. The fraction of sp³-hybridized carbons (Fsp3) is 0.190.